The quantitative estimate of drug-likeness (QED) is 0.841. The molecule has 0 fully saturated rings. The molecule has 3 nitrogen and oxygen atoms in total. The molecule has 0 spiro atoms. The van der Waals surface area contributed by atoms with Gasteiger partial charge in [-0.3, -0.25) is 0 Å². The largest absolute Gasteiger partial charge is 0.573 e. The smallest absolute Gasteiger partial charge is 0.508 e. The topological polar surface area (TPSA) is 55.5 Å². The number of phenolic OH excluding ortho intramolecular Hbond substituents is 1. The molecule has 0 aliphatic rings. The van der Waals surface area contributed by atoms with Gasteiger partial charge in [0.25, 0.3) is 0 Å². The lowest BCUT2D eigenvalue weighted by atomic mass is 10.1. The van der Waals surface area contributed by atoms with E-state index in [2.05, 4.69) is 4.74 Å². The third kappa shape index (κ3) is 3.98. The van der Waals surface area contributed by atoms with Gasteiger partial charge in [0.15, 0.2) is 0 Å². The van der Waals surface area contributed by atoms with Gasteiger partial charge < -0.3 is 15.6 Å². The summed E-state index contributed by atoms with van der Waals surface area (Å²) < 4.78 is 39.5. The minimum atomic E-state index is -4.72. The first-order chi connectivity index (χ1) is 7.42. The maximum atomic E-state index is 11.9. The molecule has 1 aromatic rings. The standard InChI is InChI=1S/C10H12F3NO2/c11-10(12,13)16-8-3-4-9(15)7(6-8)2-1-5-14/h3-4,6,15H,1-2,5,14H2. The zero-order valence-corrected chi connectivity index (χ0v) is 8.42. The van der Waals surface area contributed by atoms with Crippen LogP contribution in [0.5, 0.6) is 11.5 Å². The molecule has 0 radical (unpaired) electrons. The number of alkyl halides is 3. The highest BCUT2D eigenvalue weighted by atomic mass is 19.4. The predicted octanol–water partition coefficient (Wildman–Crippen LogP) is 2.18. The Labute approximate surface area is 90.6 Å². The molecule has 0 unspecified atom stereocenters. The summed E-state index contributed by atoms with van der Waals surface area (Å²) in [6.07, 6.45) is -3.72. The molecule has 3 N–H and O–H groups in total. The predicted molar refractivity (Wildman–Crippen MR) is 52.2 cm³/mol. The van der Waals surface area contributed by atoms with E-state index in [0.29, 0.717) is 24.9 Å². The van der Waals surface area contributed by atoms with E-state index in [-0.39, 0.29) is 11.5 Å². The van der Waals surface area contributed by atoms with E-state index in [4.69, 9.17) is 5.73 Å². The zero-order valence-electron chi connectivity index (χ0n) is 8.42. The molecule has 0 atom stereocenters. The van der Waals surface area contributed by atoms with Gasteiger partial charge in [0.05, 0.1) is 0 Å². The van der Waals surface area contributed by atoms with Gasteiger partial charge in [-0.15, -0.1) is 13.2 Å². The number of aryl methyl sites for hydroxylation is 1. The fraction of sp³-hybridized carbons (Fsp3) is 0.400. The molecule has 0 heterocycles. The highest BCUT2D eigenvalue weighted by molar-refractivity contribution is 5.39. The van der Waals surface area contributed by atoms with Gasteiger partial charge in [-0.2, -0.15) is 0 Å². The van der Waals surface area contributed by atoms with E-state index in [1.54, 1.807) is 0 Å². The monoisotopic (exact) mass is 235 g/mol. The van der Waals surface area contributed by atoms with E-state index in [9.17, 15) is 18.3 Å². The number of benzene rings is 1. The normalized spacial score (nSPS) is 11.5. The fourth-order valence-corrected chi connectivity index (χ4v) is 1.25. The van der Waals surface area contributed by atoms with Crippen molar-refractivity contribution in [3.05, 3.63) is 23.8 Å². The average molecular weight is 235 g/mol. The molecule has 0 bridgehead atoms. The summed E-state index contributed by atoms with van der Waals surface area (Å²) in [6.45, 7) is 0.407. The van der Waals surface area contributed by atoms with Crippen LogP contribution < -0.4 is 10.5 Å². The Morgan fingerprint density at radius 2 is 2.00 bits per heavy atom. The van der Waals surface area contributed by atoms with Crippen LogP contribution in [-0.2, 0) is 6.42 Å². The summed E-state index contributed by atoms with van der Waals surface area (Å²) in [7, 11) is 0. The number of halogens is 3. The second kappa shape index (κ2) is 5.07. The molecule has 6 heteroatoms. The third-order valence-electron chi connectivity index (χ3n) is 1.93. The summed E-state index contributed by atoms with van der Waals surface area (Å²) in [5.41, 5.74) is 5.67. The van der Waals surface area contributed by atoms with E-state index >= 15 is 0 Å². The van der Waals surface area contributed by atoms with Crippen molar-refractivity contribution in [3.63, 3.8) is 0 Å². The number of phenols is 1. The van der Waals surface area contributed by atoms with Crippen molar-refractivity contribution < 1.29 is 23.0 Å². The maximum absolute atomic E-state index is 11.9. The van der Waals surface area contributed by atoms with Crippen LogP contribution in [0.2, 0.25) is 0 Å². The second-order valence-corrected chi connectivity index (χ2v) is 3.23. The molecule has 1 rings (SSSR count). The number of rotatable bonds is 4. The average Bonchev–Trinajstić information content (AvgIpc) is 2.17. The van der Waals surface area contributed by atoms with Crippen LogP contribution in [0.25, 0.3) is 0 Å². The van der Waals surface area contributed by atoms with Gasteiger partial charge >= 0.3 is 6.36 Å². The molecule has 0 saturated carbocycles. The van der Waals surface area contributed by atoms with Gasteiger partial charge in [0, 0.05) is 0 Å². The Bertz CT molecular complexity index is 352. The van der Waals surface area contributed by atoms with E-state index < -0.39 is 6.36 Å². The first-order valence-corrected chi connectivity index (χ1v) is 4.70. The molecule has 0 aliphatic heterocycles. The van der Waals surface area contributed by atoms with Crippen molar-refractivity contribution in [2.24, 2.45) is 5.73 Å². The van der Waals surface area contributed by atoms with E-state index in [0.717, 1.165) is 6.07 Å². The SMILES string of the molecule is NCCCc1cc(OC(F)(F)F)ccc1O. The molecule has 0 saturated heterocycles. The second-order valence-electron chi connectivity index (χ2n) is 3.23. The van der Waals surface area contributed by atoms with Crippen molar-refractivity contribution in [1.29, 1.82) is 0 Å². The van der Waals surface area contributed by atoms with Crippen LogP contribution in [-0.4, -0.2) is 18.0 Å². The lowest BCUT2D eigenvalue weighted by Gasteiger charge is -2.11. The van der Waals surface area contributed by atoms with Gasteiger partial charge in [0.2, 0.25) is 0 Å². The Hall–Kier alpha value is -1.43. The lowest BCUT2D eigenvalue weighted by Crippen LogP contribution is -2.17. The summed E-state index contributed by atoms with van der Waals surface area (Å²) in [5.74, 6) is -0.389. The molecular weight excluding hydrogens is 223 g/mol. The first-order valence-electron chi connectivity index (χ1n) is 4.70. The number of nitrogens with two attached hydrogens (primary N) is 1. The van der Waals surface area contributed by atoms with E-state index in [1.807, 2.05) is 0 Å². The Morgan fingerprint density at radius 1 is 1.31 bits per heavy atom. The number of hydrogen-bond acceptors (Lipinski definition) is 3. The fourth-order valence-electron chi connectivity index (χ4n) is 1.25. The molecule has 0 amide bonds. The van der Waals surface area contributed by atoms with Crippen molar-refractivity contribution in [2.75, 3.05) is 6.54 Å². The zero-order chi connectivity index (χ0) is 12.2. The molecule has 0 aliphatic carbocycles. The Morgan fingerprint density at radius 3 is 2.56 bits per heavy atom. The highest BCUT2D eigenvalue weighted by Crippen LogP contribution is 2.28. The van der Waals surface area contributed by atoms with Crippen LogP contribution in [0.15, 0.2) is 18.2 Å². The number of ether oxygens (including phenoxy) is 1. The van der Waals surface area contributed by atoms with Crippen LogP contribution in [0.1, 0.15) is 12.0 Å². The van der Waals surface area contributed by atoms with Gasteiger partial charge in [-0.1, -0.05) is 0 Å². The summed E-state index contributed by atoms with van der Waals surface area (Å²) >= 11 is 0. The minimum absolute atomic E-state index is 0.0528. The van der Waals surface area contributed by atoms with Crippen molar-refractivity contribution in [2.45, 2.75) is 19.2 Å². The van der Waals surface area contributed by atoms with Crippen molar-refractivity contribution in [3.8, 4) is 11.5 Å². The van der Waals surface area contributed by atoms with Crippen molar-refractivity contribution in [1.82, 2.24) is 0 Å². The summed E-state index contributed by atoms with van der Waals surface area (Å²) in [6, 6.07) is 3.40. The van der Waals surface area contributed by atoms with Crippen LogP contribution in [0, 0.1) is 0 Å². The van der Waals surface area contributed by atoms with Crippen LogP contribution in [0.4, 0.5) is 13.2 Å². The lowest BCUT2D eigenvalue weighted by molar-refractivity contribution is -0.274. The Balaban J connectivity index is 2.81. The molecule has 16 heavy (non-hydrogen) atoms. The molecule has 0 aromatic heterocycles. The molecule has 1 aromatic carbocycles. The summed E-state index contributed by atoms with van der Waals surface area (Å²) in [4.78, 5) is 0. The third-order valence-corrected chi connectivity index (χ3v) is 1.93. The number of aromatic hydroxyl groups is 1. The van der Waals surface area contributed by atoms with Gasteiger partial charge in [-0.25, -0.2) is 0 Å². The van der Waals surface area contributed by atoms with E-state index in [1.165, 1.54) is 12.1 Å². The van der Waals surface area contributed by atoms with Crippen molar-refractivity contribution >= 4 is 0 Å². The minimum Gasteiger partial charge on any atom is -0.508 e. The van der Waals surface area contributed by atoms with Crippen LogP contribution >= 0.6 is 0 Å². The van der Waals surface area contributed by atoms with Gasteiger partial charge in [0.1, 0.15) is 11.5 Å². The summed E-state index contributed by atoms with van der Waals surface area (Å²) in [5, 5.41) is 9.38. The number of hydrogen-bond donors (Lipinski definition) is 2. The first kappa shape index (κ1) is 12.6. The molecule has 90 valence electrons. The molecular formula is C10H12F3NO2. The highest BCUT2D eigenvalue weighted by Gasteiger charge is 2.31. The van der Waals surface area contributed by atoms with Gasteiger partial charge in [-0.05, 0) is 43.1 Å². The Kier molecular flexibility index (Phi) is 4.00. The van der Waals surface area contributed by atoms with Crippen LogP contribution in [0.3, 0.4) is 0 Å². The maximum Gasteiger partial charge on any atom is 0.573 e.